The maximum absolute atomic E-state index is 11.8. The molecule has 5 nitrogen and oxygen atoms in total. The van der Waals surface area contributed by atoms with Crippen molar-refractivity contribution in [1.82, 2.24) is 9.80 Å². The van der Waals surface area contributed by atoms with Gasteiger partial charge in [-0.3, -0.25) is 4.90 Å². The fourth-order valence-corrected chi connectivity index (χ4v) is 3.76. The summed E-state index contributed by atoms with van der Waals surface area (Å²) in [5, 5.41) is 10.6. The fourth-order valence-electron chi connectivity index (χ4n) is 3.27. The van der Waals surface area contributed by atoms with Gasteiger partial charge in [0.25, 0.3) is 0 Å². The minimum absolute atomic E-state index is 0.0443. The van der Waals surface area contributed by atoms with E-state index in [0.717, 1.165) is 31.5 Å². The molecule has 2 aliphatic heterocycles. The predicted molar refractivity (Wildman–Crippen MR) is 89.1 cm³/mol. The number of hydrogen-bond acceptors (Lipinski definition) is 4. The zero-order valence-electron chi connectivity index (χ0n) is 13.0. The molecule has 2 saturated heterocycles. The molecule has 2 heterocycles. The molecular formula is C16H20Cl2N2O3. The highest BCUT2D eigenvalue weighted by atomic mass is 35.5. The van der Waals surface area contributed by atoms with Gasteiger partial charge in [-0.25, -0.2) is 4.79 Å². The van der Waals surface area contributed by atoms with E-state index >= 15 is 0 Å². The van der Waals surface area contributed by atoms with Crippen LogP contribution in [0.3, 0.4) is 0 Å². The Morgan fingerprint density at radius 3 is 2.61 bits per heavy atom. The number of hydrogen-bond donors (Lipinski definition) is 1. The quantitative estimate of drug-likeness (QED) is 0.898. The van der Waals surface area contributed by atoms with Crippen molar-refractivity contribution in [2.75, 3.05) is 26.2 Å². The molecule has 0 unspecified atom stereocenters. The van der Waals surface area contributed by atoms with Crippen LogP contribution in [0.5, 0.6) is 5.75 Å². The van der Waals surface area contributed by atoms with Crippen molar-refractivity contribution in [2.24, 2.45) is 0 Å². The third-order valence-electron chi connectivity index (χ3n) is 4.74. The average Bonchev–Trinajstić information content (AvgIpc) is 2.85. The number of likely N-dealkylation sites (tertiary alicyclic amines) is 1. The summed E-state index contributed by atoms with van der Waals surface area (Å²) in [4.78, 5) is 15.8. The van der Waals surface area contributed by atoms with E-state index in [1.165, 1.54) is 6.07 Å². The summed E-state index contributed by atoms with van der Waals surface area (Å²) in [6, 6.07) is 3.15. The summed E-state index contributed by atoms with van der Waals surface area (Å²) >= 11 is 12.4. The normalized spacial score (nSPS) is 21.0. The lowest BCUT2D eigenvalue weighted by Crippen LogP contribution is -2.46. The van der Waals surface area contributed by atoms with E-state index in [1.807, 2.05) is 6.92 Å². The largest absolute Gasteiger partial charge is 0.506 e. The maximum Gasteiger partial charge on any atom is 0.410 e. The highest BCUT2D eigenvalue weighted by Gasteiger charge is 2.46. The van der Waals surface area contributed by atoms with Crippen LogP contribution in [-0.4, -0.2) is 52.8 Å². The standard InChI is InChI=1S/C16H20Cl2N2O3/c1-2-20-10-16(23-15(20)22)5-7-19(8-6-16)9-11-12(17)3-4-13(21)14(11)18/h3-4,21H,2,5-10H2,1H3. The molecule has 1 N–H and O–H groups in total. The van der Waals surface area contributed by atoms with Gasteiger partial charge in [-0.2, -0.15) is 0 Å². The molecule has 3 rings (SSSR count). The summed E-state index contributed by atoms with van der Waals surface area (Å²) < 4.78 is 5.63. The first-order chi connectivity index (χ1) is 10.9. The number of piperidine rings is 1. The van der Waals surface area contributed by atoms with Crippen LogP contribution in [-0.2, 0) is 11.3 Å². The Morgan fingerprint density at radius 2 is 2.00 bits per heavy atom. The average molecular weight is 359 g/mol. The third-order valence-corrected chi connectivity index (χ3v) is 5.51. The van der Waals surface area contributed by atoms with Crippen LogP contribution in [0.2, 0.25) is 10.0 Å². The van der Waals surface area contributed by atoms with Gasteiger partial charge in [-0.15, -0.1) is 0 Å². The number of amides is 1. The highest BCUT2D eigenvalue weighted by Crippen LogP contribution is 2.36. The van der Waals surface area contributed by atoms with Crippen LogP contribution in [0.1, 0.15) is 25.3 Å². The van der Waals surface area contributed by atoms with Crippen LogP contribution in [0.4, 0.5) is 4.79 Å². The van der Waals surface area contributed by atoms with Gasteiger partial charge in [-0.05, 0) is 19.1 Å². The molecule has 0 atom stereocenters. The molecule has 0 radical (unpaired) electrons. The Hall–Kier alpha value is -1.17. The van der Waals surface area contributed by atoms with Crippen molar-refractivity contribution in [3.8, 4) is 5.75 Å². The third kappa shape index (κ3) is 3.23. The molecule has 1 aromatic rings. The number of benzene rings is 1. The predicted octanol–water partition coefficient (Wildman–Crippen LogP) is 3.51. The van der Waals surface area contributed by atoms with E-state index in [9.17, 15) is 9.90 Å². The molecule has 7 heteroatoms. The van der Waals surface area contributed by atoms with E-state index in [2.05, 4.69) is 4.90 Å². The number of likely N-dealkylation sites (N-methyl/N-ethyl adjacent to an activating group) is 1. The molecule has 23 heavy (non-hydrogen) atoms. The molecule has 1 aromatic carbocycles. The number of ether oxygens (including phenoxy) is 1. The van der Waals surface area contributed by atoms with Crippen molar-refractivity contribution in [2.45, 2.75) is 31.9 Å². The molecule has 0 saturated carbocycles. The molecule has 1 spiro atoms. The summed E-state index contributed by atoms with van der Waals surface area (Å²) in [5.41, 5.74) is 0.388. The monoisotopic (exact) mass is 358 g/mol. The van der Waals surface area contributed by atoms with E-state index in [4.69, 9.17) is 27.9 Å². The summed E-state index contributed by atoms with van der Waals surface area (Å²) in [5.74, 6) is 0.0443. The highest BCUT2D eigenvalue weighted by molar-refractivity contribution is 6.36. The zero-order valence-corrected chi connectivity index (χ0v) is 14.5. The smallest absolute Gasteiger partial charge is 0.410 e. The number of phenolic OH excluding ortho intramolecular Hbond substituents is 1. The van der Waals surface area contributed by atoms with Crippen LogP contribution in [0.15, 0.2) is 12.1 Å². The molecule has 0 bridgehead atoms. The molecular weight excluding hydrogens is 339 g/mol. The SMILES string of the molecule is CCN1CC2(CCN(Cc3c(Cl)ccc(O)c3Cl)CC2)OC1=O. The Balaban J connectivity index is 1.65. The molecule has 1 amide bonds. The minimum Gasteiger partial charge on any atom is -0.506 e. The number of halogens is 2. The van der Waals surface area contributed by atoms with Gasteiger partial charge in [0.15, 0.2) is 0 Å². The van der Waals surface area contributed by atoms with Gasteiger partial charge >= 0.3 is 6.09 Å². The first-order valence-corrected chi connectivity index (χ1v) is 8.56. The molecule has 0 aromatic heterocycles. The fraction of sp³-hybridized carbons (Fsp3) is 0.562. The number of rotatable bonds is 3. The van der Waals surface area contributed by atoms with Gasteiger partial charge < -0.3 is 14.7 Å². The van der Waals surface area contributed by atoms with Gasteiger partial charge in [0.1, 0.15) is 11.4 Å². The van der Waals surface area contributed by atoms with Gasteiger partial charge in [0, 0.05) is 49.6 Å². The second-order valence-electron chi connectivity index (χ2n) is 6.20. The van der Waals surface area contributed by atoms with Crippen molar-refractivity contribution in [1.29, 1.82) is 0 Å². The van der Waals surface area contributed by atoms with Crippen molar-refractivity contribution < 1.29 is 14.6 Å². The minimum atomic E-state index is -0.351. The summed E-state index contributed by atoms with van der Waals surface area (Å²) in [6.45, 7) is 5.48. The first-order valence-electron chi connectivity index (χ1n) is 7.80. The van der Waals surface area contributed by atoms with E-state index in [1.54, 1.807) is 11.0 Å². The Morgan fingerprint density at radius 1 is 1.30 bits per heavy atom. The topological polar surface area (TPSA) is 53.0 Å². The van der Waals surface area contributed by atoms with Crippen LogP contribution in [0.25, 0.3) is 0 Å². The number of carbonyl (C=O) groups is 1. The van der Waals surface area contributed by atoms with E-state index in [0.29, 0.717) is 29.7 Å². The second kappa shape index (κ2) is 6.38. The van der Waals surface area contributed by atoms with Crippen molar-refractivity contribution in [3.63, 3.8) is 0 Å². The lowest BCUT2D eigenvalue weighted by atomic mass is 9.91. The number of aromatic hydroxyl groups is 1. The second-order valence-corrected chi connectivity index (χ2v) is 6.99. The molecule has 0 aliphatic carbocycles. The lowest BCUT2D eigenvalue weighted by molar-refractivity contribution is -0.00123. The van der Waals surface area contributed by atoms with Gasteiger partial charge in [-0.1, -0.05) is 23.2 Å². The molecule has 2 aliphatic rings. The van der Waals surface area contributed by atoms with E-state index < -0.39 is 0 Å². The number of nitrogens with zero attached hydrogens (tertiary/aromatic N) is 2. The lowest BCUT2D eigenvalue weighted by Gasteiger charge is -2.37. The summed E-state index contributed by atoms with van der Waals surface area (Å²) in [7, 11) is 0. The van der Waals surface area contributed by atoms with Crippen LogP contribution >= 0.6 is 23.2 Å². The van der Waals surface area contributed by atoms with Gasteiger partial charge in [0.05, 0.1) is 11.6 Å². The Bertz CT molecular complexity index is 616. The number of phenols is 1. The first kappa shape index (κ1) is 16.7. The maximum atomic E-state index is 11.8. The summed E-state index contributed by atoms with van der Waals surface area (Å²) in [6.07, 6.45) is 1.38. The number of carbonyl (C=O) groups excluding carboxylic acids is 1. The molecule has 126 valence electrons. The van der Waals surface area contributed by atoms with Crippen LogP contribution < -0.4 is 0 Å². The van der Waals surface area contributed by atoms with Gasteiger partial charge in [0.2, 0.25) is 0 Å². The van der Waals surface area contributed by atoms with Crippen LogP contribution in [0, 0.1) is 0 Å². The van der Waals surface area contributed by atoms with Crippen molar-refractivity contribution in [3.05, 3.63) is 27.7 Å². The zero-order chi connectivity index (χ0) is 16.6. The van der Waals surface area contributed by atoms with Crippen molar-refractivity contribution >= 4 is 29.3 Å². The Kier molecular flexibility index (Phi) is 4.63. The van der Waals surface area contributed by atoms with E-state index in [-0.39, 0.29) is 17.4 Å². The Labute approximate surface area is 145 Å². The molecule has 2 fully saturated rings.